The van der Waals surface area contributed by atoms with Crippen LogP contribution in [0.4, 0.5) is 0 Å². The van der Waals surface area contributed by atoms with Crippen molar-refractivity contribution in [3.05, 3.63) is 22.9 Å². The third-order valence-corrected chi connectivity index (χ3v) is 2.46. The van der Waals surface area contributed by atoms with Crippen LogP contribution in [0.1, 0.15) is 6.42 Å². The Morgan fingerprint density at radius 1 is 1.50 bits per heavy atom. The van der Waals surface area contributed by atoms with Crippen LogP contribution >= 0.6 is 23.2 Å². The number of allylic oxidation sites excluding steroid dienone is 1. The molecule has 1 unspecified atom stereocenters. The molecule has 0 aromatic heterocycles. The van der Waals surface area contributed by atoms with Gasteiger partial charge < -0.3 is 9.47 Å². The minimum absolute atomic E-state index is 0.552. The first-order valence-electron chi connectivity index (χ1n) is 3.48. The zero-order valence-electron chi connectivity index (χ0n) is 6.93. The smallest absolute Gasteiger partial charge is 0.167 e. The Hall–Kier alpha value is -0.180. The second-order valence-electron chi connectivity index (χ2n) is 2.46. The van der Waals surface area contributed by atoms with E-state index in [0.717, 1.165) is 0 Å². The summed E-state index contributed by atoms with van der Waals surface area (Å²) in [5, 5.41) is -0.227. The molecule has 0 spiro atoms. The van der Waals surface area contributed by atoms with Gasteiger partial charge in [-0.3, -0.25) is 0 Å². The standard InChI is InChI=1S/C8H10Cl2O2/c1-11-7-5-8(10,12-2)4-3-6(7)9/h3,5H,4H2,1-2H3. The molecule has 1 rings (SSSR count). The Morgan fingerprint density at radius 3 is 2.67 bits per heavy atom. The fourth-order valence-electron chi connectivity index (χ4n) is 0.952. The van der Waals surface area contributed by atoms with Crippen LogP contribution in [0, 0.1) is 0 Å². The van der Waals surface area contributed by atoms with Crippen molar-refractivity contribution in [3.63, 3.8) is 0 Å². The Morgan fingerprint density at radius 2 is 2.17 bits per heavy atom. The predicted octanol–water partition coefficient (Wildman–Crippen LogP) is 2.62. The van der Waals surface area contributed by atoms with Gasteiger partial charge in [-0.25, -0.2) is 0 Å². The van der Waals surface area contributed by atoms with Gasteiger partial charge in [-0.2, -0.15) is 0 Å². The Bertz CT molecular complexity index is 235. The van der Waals surface area contributed by atoms with Crippen LogP contribution in [0.3, 0.4) is 0 Å². The molecule has 68 valence electrons. The zero-order valence-corrected chi connectivity index (χ0v) is 8.45. The normalized spacial score (nSPS) is 29.3. The highest BCUT2D eigenvalue weighted by Gasteiger charge is 2.28. The van der Waals surface area contributed by atoms with Crippen molar-refractivity contribution in [1.29, 1.82) is 0 Å². The van der Waals surface area contributed by atoms with E-state index in [1.165, 1.54) is 0 Å². The van der Waals surface area contributed by atoms with E-state index in [2.05, 4.69) is 0 Å². The molecule has 1 aliphatic carbocycles. The van der Waals surface area contributed by atoms with Crippen molar-refractivity contribution < 1.29 is 9.47 Å². The third-order valence-electron chi connectivity index (χ3n) is 1.70. The highest BCUT2D eigenvalue weighted by Crippen LogP contribution is 2.33. The number of hydrogen-bond donors (Lipinski definition) is 0. The summed E-state index contributed by atoms with van der Waals surface area (Å²) in [6, 6.07) is 0. The summed E-state index contributed by atoms with van der Waals surface area (Å²) in [5.41, 5.74) is 0. The van der Waals surface area contributed by atoms with Crippen LogP contribution < -0.4 is 0 Å². The summed E-state index contributed by atoms with van der Waals surface area (Å²) in [7, 11) is 3.09. The topological polar surface area (TPSA) is 18.5 Å². The number of alkyl halides is 1. The monoisotopic (exact) mass is 208 g/mol. The zero-order chi connectivity index (χ0) is 9.19. The highest BCUT2D eigenvalue weighted by atomic mass is 35.5. The fourth-order valence-corrected chi connectivity index (χ4v) is 1.34. The maximum Gasteiger partial charge on any atom is 0.167 e. The van der Waals surface area contributed by atoms with E-state index in [1.54, 1.807) is 26.4 Å². The van der Waals surface area contributed by atoms with Crippen molar-refractivity contribution in [1.82, 2.24) is 0 Å². The first-order valence-corrected chi connectivity index (χ1v) is 4.24. The molecule has 1 aliphatic rings. The molecule has 4 heteroatoms. The second kappa shape index (κ2) is 3.69. The van der Waals surface area contributed by atoms with E-state index >= 15 is 0 Å². The highest BCUT2D eigenvalue weighted by molar-refractivity contribution is 6.32. The number of halogens is 2. The molecule has 0 N–H and O–H groups in total. The summed E-state index contributed by atoms with van der Waals surface area (Å²) in [6.45, 7) is 0. The molecule has 0 bridgehead atoms. The van der Waals surface area contributed by atoms with E-state index in [9.17, 15) is 0 Å². The maximum absolute atomic E-state index is 6.02. The molecule has 0 radical (unpaired) electrons. The van der Waals surface area contributed by atoms with Crippen molar-refractivity contribution in [3.8, 4) is 0 Å². The number of ether oxygens (including phenoxy) is 2. The van der Waals surface area contributed by atoms with Gasteiger partial charge in [-0.05, 0) is 0 Å². The summed E-state index contributed by atoms with van der Waals surface area (Å²) in [4.78, 5) is 0. The molecule has 0 saturated heterocycles. The van der Waals surface area contributed by atoms with Gasteiger partial charge in [0.15, 0.2) is 5.06 Å². The number of hydrogen-bond acceptors (Lipinski definition) is 2. The van der Waals surface area contributed by atoms with Gasteiger partial charge in [0.1, 0.15) is 5.76 Å². The molecule has 1 atom stereocenters. The molecule has 12 heavy (non-hydrogen) atoms. The van der Waals surface area contributed by atoms with Crippen LogP contribution in [0.25, 0.3) is 0 Å². The molecule has 0 aliphatic heterocycles. The average molecular weight is 209 g/mol. The lowest BCUT2D eigenvalue weighted by molar-refractivity contribution is 0.101. The molecule has 0 heterocycles. The molecule has 0 aromatic rings. The van der Waals surface area contributed by atoms with E-state index < -0.39 is 5.06 Å². The van der Waals surface area contributed by atoms with Crippen LogP contribution in [0.15, 0.2) is 22.9 Å². The van der Waals surface area contributed by atoms with Gasteiger partial charge in [-0.1, -0.05) is 29.3 Å². The Balaban J connectivity index is 2.87. The molecular formula is C8H10Cl2O2. The molecule has 0 amide bonds. The van der Waals surface area contributed by atoms with E-state index in [1.807, 2.05) is 0 Å². The quantitative estimate of drug-likeness (QED) is 0.651. The van der Waals surface area contributed by atoms with Gasteiger partial charge in [-0.15, -0.1) is 0 Å². The predicted molar refractivity (Wildman–Crippen MR) is 49.2 cm³/mol. The van der Waals surface area contributed by atoms with Gasteiger partial charge in [0.05, 0.1) is 12.1 Å². The molecule has 0 saturated carbocycles. The van der Waals surface area contributed by atoms with Crippen LogP contribution in [-0.2, 0) is 9.47 Å². The lowest BCUT2D eigenvalue weighted by Gasteiger charge is -2.24. The summed E-state index contributed by atoms with van der Waals surface area (Å²) in [6.07, 6.45) is 3.99. The lowest BCUT2D eigenvalue weighted by Crippen LogP contribution is -2.23. The van der Waals surface area contributed by atoms with Crippen LogP contribution in [0.5, 0.6) is 0 Å². The van der Waals surface area contributed by atoms with Gasteiger partial charge >= 0.3 is 0 Å². The largest absolute Gasteiger partial charge is 0.495 e. The summed E-state index contributed by atoms with van der Waals surface area (Å²) >= 11 is 11.8. The maximum atomic E-state index is 6.02. The molecule has 0 fully saturated rings. The van der Waals surface area contributed by atoms with Gasteiger partial charge in [0.2, 0.25) is 0 Å². The summed E-state index contributed by atoms with van der Waals surface area (Å²) in [5.74, 6) is 0.555. The van der Waals surface area contributed by atoms with E-state index in [4.69, 9.17) is 32.7 Å². The van der Waals surface area contributed by atoms with Crippen molar-refractivity contribution in [2.24, 2.45) is 0 Å². The third kappa shape index (κ3) is 1.94. The van der Waals surface area contributed by atoms with E-state index in [0.29, 0.717) is 17.2 Å². The minimum Gasteiger partial charge on any atom is -0.495 e. The first-order chi connectivity index (χ1) is 5.61. The van der Waals surface area contributed by atoms with Crippen molar-refractivity contribution in [2.45, 2.75) is 11.5 Å². The first kappa shape index (κ1) is 9.90. The fraction of sp³-hybridized carbons (Fsp3) is 0.500. The SMILES string of the molecule is COC1=CC(Cl)(OC)CC=C1Cl. The van der Waals surface area contributed by atoms with E-state index in [-0.39, 0.29) is 0 Å². The molecule has 2 nitrogen and oxygen atoms in total. The van der Waals surface area contributed by atoms with Crippen molar-refractivity contribution >= 4 is 23.2 Å². The Kier molecular flexibility index (Phi) is 3.04. The Labute approximate surface area is 81.7 Å². The molecular weight excluding hydrogens is 199 g/mol. The second-order valence-corrected chi connectivity index (χ2v) is 3.51. The van der Waals surface area contributed by atoms with Gasteiger partial charge in [0, 0.05) is 19.6 Å². The van der Waals surface area contributed by atoms with Gasteiger partial charge in [0.25, 0.3) is 0 Å². The minimum atomic E-state index is -0.802. The number of rotatable bonds is 2. The summed E-state index contributed by atoms with van der Waals surface area (Å²) < 4.78 is 10.1. The molecule has 0 aromatic carbocycles. The van der Waals surface area contributed by atoms with Crippen molar-refractivity contribution in [2.75, 3.05) is 14.2 Å². The van der Waals surface area contributed by atoms with Crippen LogP contribution in [0.2, 0.25) is 0 Å². The number of methoxy groups -OCH3 is 2. The lowest BCUT2D eigenvalue weighted by atomic mass is 10.1. The average Bonchev–Trinajstić information content (AvgIpc) is 2.10. The van der Waals surface area contributed by atoms with Crippen LogP contribution in [-0.4, -0.2) is 19.3 Å².